The summed E-state index contributed by atoms with van der Waals surface area (Å²) in [4.78, 5) is 0. The van der Waals surface area contributed by atoms with Gasteiger partial charge in [-0.15, -0.1) is 0 Å². The smallest absolute Gasteiger partial charge is 0.0631 e. The molecule has 96 valence electrons. The molecular formula is C17H22O. The second-order valence-electron chi connectivity index (χ2n) is 5.74. The molecule has 1 nitrogen and oxygen atoms in total. The van der Waals surface area contributed by atoms with Crippen molar-refractivity contribution in [3.63, 3.8) is 0 Å². The van der Waals surface area contributed by atoms with Gasteiger partial charge >= 0.3 is 0 Å². The first-order valence-electron chi connectivity index (χ1n) is 6.68. The maximum Gasteiger partial charge on any atom is 0.0631 e. The van der Waals surface area contributed by atoms with E-state index in [0.717, 1.165) is 12.8 Å². The first-order valence-corrected chi connectivity index (χ1v) is 6.68. The molecule has 0 saturated carbocycles. The van der Waals surface area contributed by atoms with Gasteiger partial charge in [0.05, 0.1) is 6.10 Å². The minimum atomic E-state index is -0.288. The van der Waals surface area contributed by atoms with Crippen LogP contribution in [0.1, 0.15) is 32.8 Å². The summed E-state index contributed by atoms with van der Waals surface area (Å²) in [6.07, 6.45) is 1.43. The summed E-state index contributed by atoms with van der Waals surface area (Å²) in [6.45, 7) is 6.38. The van der Waals surface area contributed by atoms with Gasteiger partial charge < -0.3 is 5.11 Å². The molecule has 0 bridgehead atoms. The minimum Gasteiger partial charge on any atom is -0.392 e. The second kappa shape index (κ2) is 5.11. The van der Waals surface area contributed by atoms with Crippen molar-refractivity contribution in [1.82, 2.24) is 0 Å². The Kier molecular flexibility index (Phi) is 3.72. The molecule has 2 aromatic rings. The number of aliphatic hydroxyl groups excluding tert-OH is 1. The molecule has 0 heterocycles. The lowest BCUT2D eigenvalue weighted by atomic mass is 9.81. The van der Waals surface area contributed by atoms with Crippen molar-refractivity contribution in [1.29, 1.82) is 0 Å². The molecule has 1 atom stereocenters. The average Bonchev–Trinajstić information content (AvgIpc) is 2.38. The Hall–Kier alpha value is -1.34. The fourth-order valence-electron chi connectivity index (χ4n) is 2.10. The fraction of sp³-hybridized carbons (Fsp3) is 0.412. The van der Waals surface area contributed by atoms with E-state index in [2.05, 4.69) is 63.2 Å². The van der Waals surface area contributed by atoms with Gasteiger partial charge in [-0.1, -0.05) is 63.2 Å². The lowest BCUT2D eigenvalue weighted by molar-refractivity contribution is 0.0480. The van der Waals surface area contributed by atoms with E-state index in [0.29, 0.717) is 0 Å². The van der Waals surface area contributed by atoms with Crippen molar-refractivity contribution >= 4 is 10.8 Å². The van der Waals surface area contributed by atoms with Crippen molar-refractivity contribution in [2.45, 2.75) is 39.7 Å². The van der Waals surface area contributed by atoms with Crippen LogP contribution in [0.4, 0.5) is 0 Å². The highest BCUT2D eigenvalue weighted by Gasteiger charge is 2.25. The van der Waals surface area contributed by atoms with E-state index >= 15 is 0 Å². The second-order valence-corrected chi connectivity index (χ2v) is 5.74. The van der Waals surface area contributed by atoms with E-state index in [1.807, 2.05) is 0 Å². The van der Waals surface area contributed by atoms with E-state index in [-0.39, 0.29) is 11.5 Å². The van der Waals surface area contributed by atoms with Crippen LogP contribution in [0.2, 0.25) is 0 Å². The maximum atomic E-state index is 10.3. The van der Waals surface area contributed by atoms with Crippen molar-refractivity contribution < 1.29 is 5.11 Å². The van der Waals surface area contributed by atoms with E-state index in [9.17, 15) is 5.11 Å². The van der Waals surface area contributed by atoms with Crippen molar-refractivity contribution in [3.05, 3.63) is 48.0 Å². The summed E-state index contributed by atoms with van der Waals surface area (Å²) in [7, 11) is 0. The van der Waals surface area contributed by atoms with Crippen LogP contribution in [0.25, 0.3) is 10.8 Å². The summed E-state index contributed by atoms with van der Waals surface area (Å²) < 4.78 is 0. The molecule has 0 radical (unpaired) electrons. The van der Waals surface area contributed by atoms with E-state index in [1.165, 1.54) is 16.3 Å². The van der Waals surface area contributed by atoms with Crippen LogP contribution in [-0.2, 0) is 6.42 Å². The molecule has 0 spiro atoms. The monoisotopic (exact) mass is 242 g/mol. The molecule has 18 heavy (non-hydrogen) atoms. The Morgan fingerprint density at radius 2 is 1.72 bits per heavy atom. The Morgan fingerprint density at radius 3 is 2.39 bits per heavy atom. The summed E-state index contributed by atoms with van der Waals surface area (Å²) in [5.74, 6) is 0. The highest BCUT2D eigenvalue weighted by atomic mass is 16.3. The van der Waals surface area contributed by atoms with Crippen molar-refractivity contribution in [2.24, 2.45) is 5.41 Å². The predicted molar refractivity (Wildman–Crippen MR) is 77.7 cm³/mol. The first-order chi connectivity index (χ1) is 8.53. The zero-order valence-corrected chi connectivity index (χ0v) is 11.5. The fourth-order valence-corrected chi connectivity index (χ4v) is 2.10. The van der Waals surface area contributed by atoms with Crippen LogP contribution in [-0.4, -0.2) is 11.2 Å². The molecule has 0 aliphatic heterocycles. The van der Waals surface area contributed by atoms with Crippen molar-refractivity contribution in [3.8, 4) is 0 Å². The minimum absolute atomic E-state index is 0.0222. The van der Waals surface area contributed by atoms with Gasteiger partial charge in [0.15, 0.2) is 0 Å². The molecular weight excluding hydrogens is 220 g/mol. The molecule has 1 heteroatoms. The molecule has 0 aliphatic rings. The van der Waals surface area contributed by atoms with E-state index in [4.69, 9.17) is 0 Å². The quantitative estimate of drug-likeness (QED) is 0.852. The molecule has 2 rings (SSSR count). The van der Waals surface area contributed by atoms with Crippen LogP contribution in [0, 0.1) is 5.41 Å². The topological polar surface area (TPSA) is 20.2 Å². The van der Waals surface area contributed by atoms with Gasteiger partial charge in [0.25, 0.3) is 0 Å². The van der Waals surface area contributed by atoms with E-state index in [1.54, 1.807) is 0 Å². The Labute approximate surface area is 109 Å². The molecule has 0 aliphatic carbocycles. The number of hydrogen-bond acceptors (Lipinski definition) is 1. The van der Waals surface area contributed by atoms with Gasteiger partial charge in [-0.25, -0.2) is 0 Å². The predicted octanol–water partition coefficient (Wildman–Crippen LogP) is 4.18. The molecule has 0 amide bonds. The summed E-state index contributed by atoms with van der Waals surface area (Å²) in [5.41, 5.74) is 1.19. The van der Waals surface area contributed by atoms with Crippen molar-refractivity contribution in [2.75, 3.05) is 0 Å². The number of fused-ring (bicyclic) bond motifs is 1. The lowest BCUT2D eigenvalue weighted by Crippen LogP contribution is -2.30. The van der Waals surface area contributed by atoms with Gasteiger partial charge in [-0.2, -0.15) is 0 Å². The third kappa shape index (κ3) is 2.73. The number of aliphatic hydroxyl groups is 1. The average molecular weight is 242 g/mol. The summed E-state index contributed by atoms with van der Waals surface area (Å²) in [5, 5.41) is 12.8. The Balaban J connectivity index is 2.22. The van der Waals surface area contributed by atoms with Crippen LogP contribution in [0.15, 0.2) is 42.5 Å². The van der Waals surface area contributed by atoms with Crippen LogP contribution in [0.5, 0.6) is 0 Å². The molecule has 0 aromatic heterocycles. The zero-order chi connectivity index (χ0) is 13.2. The van der Waals surface area contributed by atoms with Gasteiger partial charge in [-0.05, 0) is 34.6 Å². The van der Waals surface area contributed by atoms with Gasteiger partial charge in [0.2, 0.25) is 0 Å². The Bertz CT molecular complexity index is 528. The van der Waals surface area contributed by atoms with Gasteiger partial charge in [0.1, 0.15) is 0 Å². The van der Waals surface area contributed by atoms with E-state index < -0.39 is 0 Å². The summed E-state index contributed by atoms with van der Waals surface area (Å²) in [6, 6.07) is 14.8. The van der Waals surface area contributed by atoms with Crippen LogP contribution < -0.4 is 0 Å². The highest BCUT2D eigenvalue weighted by molar-refractivity contribution is 5.82. The molecule has 1 N–H and O–H groups in total. The largest absolute Gasteiger partial charge is 0.392 e. The maximum absolute atomic E-state index is 10.3. The third-order valence-corrected chi connectivity index (χ3v) is 4.06. The SMILES string of the molecule is CCC(C)(C)C(O)Cc1ccc2ccccc2c1. The lowest BCUT2D eigenvalue weighted by Gasteiger charge is -2.29. The molecule has 0 saturated heterocycles. The zero-order valence-electron chi connectivity index (χ0n) is 11.5. The number of hydrogen-bond donors (Lipinski definition) is 1. The molecule has 2 aromatic carbocycles. The number of benzene rings is 2. The third-order valence-electron chi connectivity index (χ3n) is 4.06. The normalized spacial score (nSPS) is 13.8. The van der Waals surface area contributed by atoms with Gasteiger partial charge in [-0.3, -0.25) is 0 Å². The van der Waals surface area contributed by atoms with Crippen LogP contribution >= 0.6 is 0 Å². The number of rotatable bonds is 4. The Morgan fingerprint density at radius 1 is 1.06 bits per heavy atom. The summed E-state index contributed by atoms with van der Waals surface area (Å²) >= 11 is 0. The van der Waals surface area contributed by atoms with Crippen LogP contribution in [0.3, 0.4) is 0 Å². The highest BCUT2D eigenvalue weighted by Crippen LogP contribution is 2.28. The first kappa shape index (κ1) is 13.1. The van der Waals surface area contributed by atoms with Gasteiger partial charge in [0, 0.05) is 0 Å². The molecule has 0 fully saturated rings. The standard InChI is InChI=1S/C17H22O/c1-4-17(2,3)16(18)12-13-9-10-14-7-5-6-8-15(14)11-13/h5-11,16,18H,4,12H2,1-3H3. The molecule has 1 unspecified atom stereocenters.